The van der Waals surface area contributed by atoms with E-state index in [9.17, 15) is 8.42 Å². The van der Waals surface area contributed by atoms with Crippen molar-refractivity contribution in [2.45, 2.75) is 4.90 Å². The Morgan fingerprint density at radius 3 is 2.12 bits per heavy atom. The standard InChI is InChI=1S/C19H15Cl2NO3S/c1-25-19-8-7-14(13-5-3-2-4-6-13)9-18(19)22-26(23,24)17-11-15(20)10-16(21)12-17/h2-12,22H,1H3. The van der Waals surface area contributed by atoms with Crippen molar-refractivity contribution in [2.24, 2.45) is 0 Å². The molecule has 0 amide bonds. The average Bonchev–Trinajstić information content (AvgIpc) is 2.61. The van der Waals surface area contributed by atoms with E-state index in [4.69, 9.17) is 27.9 Å². The Balaban J connectivity index is 2.02. The number of rotatable bonds is 5. The largest absolute Gasteiger partial charge is 0.495 e. The summed E-state index contributed by atoms with van der Waals surface area (Å²) in [6, 6.07) is 19.1. The van der Waals surface area contributed by atoms with Gasteiger partial charge in [-0.05, 0) is 41.5 Å². The topological polar surface area (TPSA) is 55.4 Å². The zero-order valence-electron chi connectivity index (χ0n) is 13.7. The van der Waals surface area contributed by atoms with Gasteiger partial charge in [0.15, 0.2) is 0 Å². The molecule has 3 aromatic rings. The van der Waals surface area contributed by atoms with Crippen LogP contribution < -0.4 is 9.46 Å². The lowest BCUT2D eigenvalue weighted by Crippen LogP contribution is -2.13. The van der Waals surface area contributed by atoms with Crippen LogP contribution in [0.4, 0.5) is 5.69 Å². The molecule has 1 N–H and O–H groups in total. The number of hydrogen-bond donors (Lipinski definition) is 1. The van der Waals surface area contributed by atoms with Gasteiger partial charge in [0.05, 0.1) is 17.7 Å². The van der Waals surface area contributed by atoms with E-state index in [1.54, 1.807) is 12.1 Å². The molecule has 0 saturated heterocycles. The van der Waals surface area contributed by atoms with Crippen LogP contribution in [0, 0.1) is 0 Å². The summed E-state index contributed by atoms with van der Waals surface area (Å²) in [6.07, 6.45) is 0. The Bertz CT molecular complexity index is 1020. The van der Waals surface area contributed by atoms with Gasteiger partial charge in [0.1, 0.15) is 5.75 Å². The van der Waals surface area contributed by atoms with Gasteiger partial charge in [-0.15, -0.1) is 0 Å². The molecule has 26 heavy (non-hydrogen) atoms. The molecule has 134 valence electrons. The van der Waals surface area contributed by atoms with E-state index in [0.717, 1.165) is 11.1 Å². The average molecular weight is 408 g/mol. The zero-order valence-corrected chi connectivity index (χ0v) is 16.1. The molecular weight excluding hydrogens is 393 g/mol. The van der Waals surface area contributed by atoms with Crippen molar-refractivity contribution in [1.82, 2.24) is 0 Å². The van der Waals surface area contributed by atoms with Gasteiger partial charge in [-0.3, -0.25) is 4.72 Å². The van der Waals surface area contributed by atoms with Gasteiger partial charge >= 0.3 is 0 Å². The minimum Gasteiger partial charge on any atom is -0.495 e. The summed E-state index contributed by atoms with van der Waals surface area (Å²) in [5.74, 6) is 0.404. The highest BCUT2D eigenvalue weighted by Crippen LogP contribution is 2.33. The smallest absolute Gasteiger partial charge is 0.262 e. The Morgan fingerprint density at radius 2 is 1.50 bits per heavy atom. The monoisotopic (exact) mass is 407 g/mol. The second-order valence-electron chi connectivity index (χ2n) is 5.49. The van der Waals surface area contributed by atoms with Crippen molar-refractivity contribution in [1.29, 1.82) is 0 Å². The lowest BCUT2D eigenvalue weighted by molar-refractivity contribution is 0.417. The van der Waals surface area contributed by atoms with Crippen LogP contribution in [0.1, 0.15) is 0 Å². The van der Waals surface area contributed by atoms with Crippen LogP contribution in [0.3, 0.4) is 0 Å². The predicted molar refractivity (Wildman–Crippen MR) is 106 cm³/mol. The van der Waals surface area contributed by atoms with Gasteiger partial charge in [0.25, 0.3) is 10.0 Å². The molecule has 7 heteroatoms. The highest BCUT2D eigenvalue weighted by atomic mass is 35.5. The first-order valence-corrected chi connectivity index (χ1v) is 9.85. The molecule has 0 spiro atoms. The molecule has 0 aliphatic carbocycles. The molecular formula is C19H15Cl2NO3S. The van der Waals surface area contributed by atoms with E-state index >= 15 is 0 Å². The zero-order chi connectivity index (χ0) is 18.7. The highest BCUT2D eigenvalue weighted by molar-refractivity contribution is 7.92. The summed E-state index contributed by atoms with van der Waals surface area (Å²) < 4.78 is 33.3. The molecule has 0 atom stereocenters. The Morgan fingerprint density at radius 1 is 0.846 bits per heavy atom. The summed E-state index contributed by atoms with van der Waals surface area (Å²) in [4.78, 5) is -0.0258. The van der Waals surface area contributed by atoms with E-state index < -0.39 is 10.0 Å². The normalized spacial score (nSPS) is 11.2. The molecule has 0 bridgehead atoms. The van der Waals surface area contributed by atoms with Crippen molar-refractivity contribution in [3.63, 3.8) is 0 Å². The van der Waals surface area contributed by atoms with Gasteiger partial charge in [0, 0.05) is 10.0 Å². The van der Waals surface area contributed by atoms with Crippen LogP contribution in [-0.4, -0.2) is 15.5 Å². The van der Waals surface area contributed by atoms with Crippen molar-refractivity contribution in [3.8, 4) is 16.9 Å². The molecule has 0 aromatic heterocycles. The van der Waals surface area contributed by atoms with Gasteiger partial charge < -0.3 is 4.74 Å². The number of nitrogens with one attached hydrogen (secondary N) is 1. The highest BCUT2D eigenvalue weighted by Gasteiger charge is 2.18. The molecule has 4 nitrogen and oxygen atoms in total. The minimum absolute atomic E-state index is 0.0258. The summed E-state index contributed by atoms with van der Waals surface area (Å²) in [5, 5.41) is 0.478. The fourth-order valence-corrected chi connectivity index (χ4v) is 4.27. The SMILES string of the molecule is COc1ccc(-c2ccccc2)cc1NS(=O)(=O)c1cc(Cl)cc(Cl)c1. The van der Waals surface area contributed by atoms with Crippen molar-refractivity contribution in [2.75, 3.05) is 11.8 Å². The van der Waals surface area contributed by atoms with Gasteiger partial charge in [-0.25, -0.2) is 8.42 Å². The first kappa shape index (κ1) is 18.6. The van der Waals surface area contributed by atoms with Crippen molar-refractivity contribution in [3.05, 3.63) is 76.8 Å². The Hall–Kier alpha value is -2.21. The second-order valence-corrected chi connectivity index (χ2v) is 8.05. The molecule has 3 rings (SSSR count). The number of halogens is 2. The minimum atomic E-state index is -3.89. The van der Waals surface area contributed by atoms with Gasteiger partial charge in [0.2, 0.25) is 0 Å². The van der Waals surface area contributed by atoms with Crippen LogP contribution in [0.2, 0.25) is 10.0 Å². The predicted octanol–water partition coefficient (Wildman–Crippen LogP) is 5.47. The molecule has 3 aromatic carbocycles. The maximum Gasteiger partial charge on any atom is 0.262 e. The number of ether oxygens (including phenoxy) is 1. The summed E-state index contributed by atoms with van der Waals surface area (Å²) in [6.45, 7) is 0. The molecule has 0 radical (unpaired) electrons. The lowest BCUT2D eigenvalue weighted by atomic mass is 10.1. The fraction of sp³-hybridized carbons (Fsp3) is 0.0526. The van der Waals surface area contributed by atoms with Crippen molar-refractivity contribution < 1.29 is 13.2 Å². The van der Waals surface area contributed by atoms with E-state index in [2.05, 4.69) is 4.72 Å². The summed E-state index contributed by atoms with van der Waals surface area (Å²) >= 11 is 11.8. The third kappa shape index (κ3) is 4.12. The number of anilines is 1. The van der Waals surface area contributed by atoms with E-state index in [1.165, 1.54) is 25.3 Å². The summed E-state index contributed by atoms with van der Waals surface area (Å²) in [5.41, 5.74) is 2.14. The van der Waals surface area contributed by atoms with Crippen molar-refractivity contribution >= 4 is 38.9 Å². The quantitative estimate of drug-likeness (QED) is 0.609. The molecule has 0 aliphatic rings. The van der Waals surface area contributed by atoms with Gasteiger partial charge in [-0.2, -0.15) is 0 Å². The second kappa shape index (κ2) is 7.58. The van der Waals surface area contributed by atoms with E-state index in [-0.39, 0.29) is 14.9 Å². The number of sulfonamides is 1. The third-order valence-electron chi connectivity index (χ3n) is 3.70. The van der Waals surface area contributed by atoms with Crippen LogP contribution >= 0.6 is 23.2 Å². The maximum absolute atomic E-state index is 12.7. The van der Waals surface area contributed by atoms with Crippen LogP contribution in [0.25, 0.3) is 11.1 Å². The van der Waals surface area contributed by atoms with Gasteiger partial charge in [-0.1, -0.05) is 59.6 Å². The third-order valence-corrected chi connectivity index (χ3v) is 5.48. The Labute approximate surface area is 162 Å². The Kier molecular flexibility index (Phi) is 5.41. The van der Waals surface area contributed by atoms with Crippen LogP contribution in [-0.2, 0) is 10.0 Å². The number of methoxy groups -OCH3 is 1. The van der Waals surface area contributed by atoms with E-state index in [1.807, 2.05) is 36.4 Å². The molecule has 0 saturated carbocycles. The van der Waals surface area contributed by atoms with Crippen LogP contribution in [0.5, 0.6) is 5.75 Å². The molecule has 0 fully saturated rings. The summed E-state index contributed by atoms with van der Waals surface area (Å²) in [7, 11) is -2.41. The van der Waals surface area contributed by atoms with E-state index in [0.29, 0.717) is 11.4 Å². The first-order valence-electron chi connectivity index (χ1n) is 7.61. The molecule has 0 aliphatic heterocycles. The fourth-order valence-electron chi connectivity index (χ4n) is 2.49. The lowest BCUT2D eigenvalue weighted by Gasteiger charge is -2.14. The maximum atomic E-state index is 12.7. The molecule has 0 unspecified atom stereocenters. The number of benzene rings is 3. The molecule has 0 heterocycles. The number of hydrogen-bond acceptors (Lipinski definition) is 3. The first-order chi connectivity index (χ1) is 12.4. The van der Waals surface area contributed by atoms with Crippen LogP contribution in [0.15, 0.2) is 71.6 Å².